The molecule has 1 fully saturated rings. The fourth-order valence-corrected chi connectivity index (χ4v) is 2.39. The van der Waals surface area contributed by atoms with Crippen molar-refractivity contribution < 1.29 is 13.5 Å². The van der Waals surface area contributed by atoms with Crippen molar-refractivity contribution in [2.75, 3.05) is 12.8 Å². The molecule has 2 N–H and O–H groups in total. The molecular weight excluding hydrogens is 250 g/mol. The minimum atomic E-state index is -3.17. The van der Waals surface area contributed by atoms with Gasteiger partial charge in [0, 0.05) is 18.3 Å². The maximum absolute atomic E-state index is 11.3. The summed E-state index contributed by atoms with van der Waals surface area (Å²) >= 11 is 0. The van der Waals surface area contributed by atoms with Gasteiger partial charge in [0.15, 0.2) is 9.84 Å². The van der Waals surface area contributed by atoms with E-state index in [-0.39, 0.29) is 10.4 Å². The van der Waals surface area contributed by atoms with Gasteiger partial charge in [0.25, 0.3) is 0 Å². The van der Waals surface area contributed by atoms with Crippen LogP contribution in [0.3, 0.4) is 0 Å². The van der Waals surface area contributed by atoms with Crippen molar-refractivity contribution in [2.24, 2.45) is 0 Å². The van der Waals surface area contributed by atoms with Crippen molar-refractivity contribution in [3.8, 4) is 0 Å². The molecule has 1 aromatic rings. The second-order valence-electron chi connectivity index (χ2n) is 5.30. The molecule has 100 valence electrons. The van der Waals surface area contributed by atoms with E-state index in [1.165, 1.54) is 18.4 Å². The minimum Gasteiger partial charge on any atom is -0.387 e. The monoisotopic (exact) mass is 269 g/mol. The van der Waals surface area contributed by atoms with Gasteiger partial charge in [-0.2, -0.15) is 0 Å². The number of hydrogen-bond donors (Lipinski definition) is 2. The highest BCUT2D eigenvalue weighted by Crippen LogP contribution is 2.34. The Hall–Kier alpha value is -0.910. The molecule has 1 atom stereocenters. The first-order valence-electron chi connectivity index (χ1n) is 6.03. The summed E-state index contributed by atoms with van der Waals surface area (Å²) in [6.45, 7) is 2.63. The van der Waals surface area contributed by atoms with Crippen molar-refractivity contribution >= 4 is 9.84 Å². The molecule has 0 amide bonds. The molecular formula is C13H19NO3S. The minimum absolute atomic E-state index is 0.188. The van der Waals surface area contributed by atoms with Gasteiger partial charge in [-0.1, -0.05) is 12.1 Å². The van der Waals surface area contributed by atoms with Crippen molar-refractivity contribution in [1.82, 2.24) is 5.32 Å². The highest BCUT2D eigenvalue weighted by atomic mass is 32.2. The van der Waals surface area contributed by atoms with Crippen molar-refractivity contribution in [2.45, 2.75) is 36.3 Å². The number of hydrogen-bond acceptors (Lipinski definition) is 4. The highest BCUT2D eigenvalue weighted by molar-refractivity contribution is 7.90. The van der Waals surface area contributed by atoms with E-state index in [0.29, 0.717) is 6.54 Å². The van der Waals surface area contributed by atoms with E-state index < -0.39 is 15.9 Å². The molecule has 0 aliphatic heterocycles. The molecule has 0 saturated heterocycles. The Morgan fingerprint density at radius 3 is 2.33 bits per heavy atom. The third-order valence-electron chi connectivity index (χ3n) is 3.42. The number of nitrogens with one attached hydrogen (secondary N) is 1. The Bertz CT molecular complexity index is 518. The second kappa shape index (κ2) is 4.64. The zero-order chi connectivity index (χ0) is 13.4. The van der Waals surface area contributed by atoms with Gasteiger partial charge in [-0.25, -0.2) is 8.42 Å². The molecule has 2 rings (SSSR count). The van der Waals surface area contributed by atoms with Crippen LogP contribution < -0.4 is 5.32 Å². The van der Waals surface area contributed by atoms with Crippen LogP contribution in [0.4, 0.5) is 0 Å². The summed E-state index contributed by atoms with van der Waals surface area (Å²) in [7, 11) is -3.17. The van der Waals surface area contributed by atoms with E-state index in [0.717, 1.165) is 18.4 Å². The number of β-amino-alcohol motifs (C(OH)–C–C–N with tert-alkyl or cyclic N) is 1. The van der Waals surface area contributed by atoms with Gasteiger partial charge in [-0.15, -0.1) is 0 Å². The summed E-state index contributed by atoms with van der Waals surface area (Å²) in [5.74, 6) is 0. The van der Waals surface area contributed by atoms with E-state index in [2.05, 4.69) is 12.2 Å². The molecule has 1 aliphatic rings. The van der Waals surface area contributed by atoms with Crippen LogP contribution in [0.1, 0.15) is 31.4 Å². The van der Waals surface area contributed by atoms with E-state index >= 15 is 0 Å². The third-order valence-corrected chi connectivity index (χ3v) is 4.54. The maximum Gasteiger partial charge on any atom is 0.175 e. The van der Waals surface area contributed by atoms with Crippen LogP contribution in [-0.2, 0) is 9.84 Å². The van der Waals surface area contributed by atoms with Gasteiger partial charge in [-0.05, 0) is 37.5 Å². The number of benzene rings is 1. The van der Waals surface area contributed by atoms with Gasteiger partial charge in [0.05, 0.1) is 11.0 Å². The Morgan fingerprint density at radius 2 is 1.89 bits per heavy atom. The summed E-state index contributed by atoms with van der Waals surface area (Å²) in [6, 6.07) is 6.40. The van der Waals surface area contributed by atoms with E-state index in [1.54, 1.807) is 12.1 Å². The molecule has 18 heavy (non-hydrogen) atoms. The van der Waals surface area contributed by atoms with Crippen LogP contribution >= 0.6 is 0 Å². The maximum atomic E-state index is 11.3. The zero-order valence-electron chi connectivity index (χ0n) is 10.7. The lowest BCUT2D eigenvalue weighted by molar-refractivity contribution is 0.169. The smallest absolute Gasteiger partial charge is 0.175 e. The van der Waals surface area contributed by atoms with Crippen molar-refractivity contribution in [1.29, 1.82) is 0 Å². The molecule has 4 nitrogen and oxygen atoms in total. The Labute approximate surface area is 108 Å². The topological polar surface area (TPSA) is 66.4 Å². The summed E-state index contributed by atoms with van der Waals surface area (Å²) in [5, 5.41) is 13.3. The predicted molar refractivity (Wildman–Crippen MR) is 70.2 cm³/mol. The Balaban J connectivity index is 2.00. The Morgan fingerprint density at radius 1 is 1.33 bits per heavy atom. The predicted octanol–water partition coefficient (Wildman–Crippen LogP) is 1.27. The van der Waals surface area contributed by atoms with Crippen molar-refractivity contribution in [3.63, 3.8) is 0 Å². The molecule has 0 spiro atoms. The van der Waals surface area contributed by atoms with Crippen LogP contribution in [0.15, 0.2) is 29.2 Å². The van der Waals surface area contributed by atoms with Gasteiger partial charge < -0.3 is 10.4 Å². The SMILES string of the molecule is CC1(NCC(O)c2ccc(S(C)(=O)=O)cc2)CC1. The average Bonchev–Trinajstić information content (AvgIpc) is 3.04. The lowest BCUT2D eigenvalue weighted by Gasteiger charge is -2.16. The average molecular weight is 269 g/mol. The highest BCUT2D eigenvalue weighted by Gasteiger charge is 2.36. The number of rotatable bonds is 5. The van der Waals surface area contributed by atoms with Crippen LogP contribution in [0.2, 0.25) is 0 Å². The fraction of sp³-hybridized carbons (Fsp3) is 0.538. The third kappa shape index (κ3) is 3.31. The molecule has 0 heterocycles. The first-order valence-corrected chi connectivity index (χ1v) is 7.92. The largest absolute Gasteiger partial charge is 0.387 e. The quantitative estimate of drug-likeness (QED) is 0.844. The normalized spacial score (nSPS) is 19.5. The van der Waals surface area contributed by atoms with Crippen LogP contribution in [0.25, 0.3) is 0 Å². The van der Waals surface area contributed by atoms with Crippen LogP contribution in [0, 0.1) is 0 Å². The molecule has 1 aromatic carbocycles. The first-order chi connectivity index (χ1) is 8.30. The number of aliphatic hydroxyl groups excluding tert-OH is 1. The zero-order valence-corrected chi connectivity index (χ0v) is 11.5. The first kappa shape index (κ1) is 13.5. The van der Waals surface area contributed by atoms with Gasteiger partial charge in [0.2, 0.25) is 0 Å². The summed E-state index contributed by atoms with van der Waals surface area (Å²) in [4.78, 5) is 0.278. The van der Waals surface area contributed by atoms with Crippen LogP contribution in [-0.4, -0.2) is 31.9 Å². The molecule has 1 aliphatic carbocycles. The van der Waals surface area contributed by atoms with E-state index in [4.69, 9.17) is 0 Å². The summed E-state index contributed by atoms with van der Waals surface area (Å²) in [6.07, 6.45) is 2.86. The van der Waals surface area contributed by atoms with Gasteiger partial charge >= 0.3 is 0 Å². The van der Waals surface area contributed by atoms with Gasteiger partial charge in [0.1, 0.15) is 0 Å². The summed E-state index contributed by atoms with van der Waals surface area (Å²) < 4.78 is 22.6. The second-order valence-corrected chi connectivity index (χ2v) is 7.31. The van der Waals surface area contributed by atoms with Crippen LogP contribution in [0.5, 0.6) is 0 Å². The molecule has 1 unspecified atom stereocenters. The van der Waals surface area contributed by atoms with Crippen molar-refractivity contribution in [3.05, 3.63) is 29.8 Å². The lowest BCUT2D eigenvalue weighted by Crippen LogP contribution is -2.31. The Kier molecular flexibility index (Phi) is 3.49. The molecule has 5 heteroatoms. The van der Waals surface area contributed by atoms with Gasteiger partial charge in [-0.3, -0.25) is 0 Å². The van der Waals surface area contributed by atoms with E-state index in [9.17, 15) is 13.5 Å². The summed E-state index contributed by atoms with van der Waals surface area (Å²) in [5.41, 5.74) is 0.923. The molecule has 0 radical (unpaired) electrons. The molecule has 1 saturated carbocycles. The van der Waals surface area contributed by atoms with E-state index in [1.807, 2.05) is 0 Å². The lowest BCUT2D eigenvalue weighted by atomic mass is 10.1. The number of sulfone groups is 1. The standard InChI is InChI=1S/C13H19NO3S/c1-13(7-8-13)14-9-12(15)10-3-5-11(6-4-10)18(2,16)17/h3-6,12,14-15H,7-9H2,1-2H3. The molecule has 0 aromatic heterocycles. The number of aliphatic hydroxyl groups is 1. The fourth-order valence-electron chi connectivity index (χ4n) is 1.76. The molecule has 0 bridgehead atoms.